The summed E-state index contributed by atoms with van der Waals surface area (Å²) in [4.78, 5) is 0. The van der Waals surface area contributed by atoms with Gasteiger partial charge in [-0.25, -0.2) is 0 Å². The molecule has 0 saturated heterocycles. The number of hydrogen-bond acceptors (Lipinski definition) is 1. The van der Waals surface area contributed by atoms with Gasteiger partial charge in [-0.1, -0.05) is 34.1 Å². The van der Waals surface area contributed by atoms with E-state index in [1.54, 1.807) is 5.56 Å². The first-order valence-corrected chi connectivity index (χ1v) is 9.47. The van der Waals surface area contributed by atoms with Crippen molar-refractivity contribution < 1.29 is 0 Å². The lowest BCUT2D eigenvalue weighted by Gasteiger charge is -2.27. The third-order valence-electron chi connectivity index (χ3n) is 5.79. The molecule has 0 aliphatic heterocycles. The first-order valence-electron chi connectivity index (χ1n) is 7.86. The first-order chi connectivity index (χ1) is 10.2. The van der Waals surface area contributed by atoms with Gasteiger partial charge in [-0.3, -0.25) is 0 Å². The van der Waals surface area contributed by atoms with Crippen molar-refractivity contribution in [1.82, 2.24) is 0 Å². The summed E-state index contributed by atoms with van der Waals surface area (Å²) in [5.41, 5.74) is 2.14. The van der Waals surface area contributed by atoms with Crippen molar-refractivity contribution in [2.24, 2.45) is 5.92 Å². The second kappa shape index (κ2) is 4.33. The number of benzene rings is 2. The van der Waals surface area contributed by atoms with Crippen LogP contribution in [0.1, 0.15) is 37.7 Å². The van der Waals surface area contributed by atoms with Gasteiger partial charge in [0.05, 0.1) is 0 Å². The summed E-state index contributed by atoms with van der Waals surface area (Å²) >= 11 is 5.53. The van der Waals surface area contributed by atoms with E-state index in [2.05, 4.69) is 52.3 Å². The zero-order valence-electron chi connectivity index (χ0n) is 11.9. The third-order valence-corrected chi connectivity index (χ3v) is 7.40. The summed E-state index contributed by atoms with van der Waals surface area (Å²) in [6.45, 7) is 0. The fraction of sp³-hybridized carbons (Fsp3) is 0.368. The minimum absolute atomic E-state index is 0.523. The van der Waals surface area contributed by atoms with Crippen LogP contribution in [0.5, 0.6) is 0 Å². The normalized spacial score (nSPS) is 28.0. The van der Waals surface area contributed by atoms with E-state index in [0.29, 0.717) is 5.41 Å². The van der Waals surface area contributed by atoms with Gasteiger partial charge in [0.2, 0.25) is 0 Å². The lowest BCUT2D eigenvalue weighted by molar-refractivity contribution is 0.419. The summed E-state index contributed by atoms with van der Waals surface area (Å²) in [7, 11) is 0. The molecular weight excluding hydrogens is 340 g/mol. The van der Waals surface area contributed by atoms with E-state index in [4.69, 9.17) is 0 Å². The van der Waals surface area contributed by atoms with Gasteiger partial charge in [-0.2, -0.15) is 0 Å². The maximum absolute atomic E-state index is 3.59. The van der Waals surface area contributed by atoms with Gasteiger partial charge in [-0.05, 0) is 67.2 Å². The summed E-state index contributed by atoms with van der Waals surface area (Å²) in [6, 6.07) is 13.9. The van der Waals surface area contributed by atoms with Crippen molar-refractivity contribution in [3.05, 3.63) is 46.4 Å². The van der Waals surface area contributed by atoms with E-state index in [-0.39, 0.29) is 0 Å². The zero-order valence-corrected chi connectivity index (χ0v) is 14.3. The molecule has 21 heavy (non-hydrogen) atoms. The molecule has 0 spiro atoms. The summed E-state index contributed by atoms with van der Waals surface area (Å²) in [5, 5.41) is 2.83. The Bertz CT molecular complexity index is 853. The highest BCUT2D eigenvalue weighted by atomic mass is 79.9. The van der Waals surface area contributed by atoms with Crippen LogP contribution in [0.3, 0.4) is 0 Å². The molecule has 0 nitrogen and oxygen atoms in total. The zero-order chi connectivity index (χ0) is 14.0. The van der Waals surface area contributed by atoms with Gasteiger partial charge in [-0.15, -0.1) is 11.3 Å². The van der Waals surface area contributed by atoms with E-state index < -0.39 is 0 Å². The molecule has 106 valence electrons. The number of thiophene rings is 1. The van der Waals surface area contributed by atoms with Crippen LogP contribution in [0.25, 0.3) is 20.2 Å². The second-order valence-electron chi connectivity index (χ2n) is 6.88. The Hall–Kier alpha value is -0.860. The Labute approximate surface area is 137 Å². The van der Waals surface area contributed by atoms with Gasteiger partial charge in [0.1, 0.15) is 0 Å². The number of hydrogen-bond donors (Lipinski definition) is 0. The van der Waals surface area contributed by atoms with E-state index in [9.17, 15) is 0 Å². The molecule has 2 aliphatic carbocycles. The fourth-order valence-electron chi connectivity index (χ4n) is 4.68. The van der Waals surface area contributed by atoms with E-state index in [1.807, 2.05) is 11.3 Å². The second-order valence-corrected chi connectivity index (χ2v) is 8.88. The quantitative estimate of drug-likeness (QED) is 0.457. The summed E-state index contributed by atoms with van der Waals surface area (Å²) in [5.74, 6) is 1.01. The Morgan fingerprint density at radius 3 is 2.38 bits per heavy atom. The molecule has 0 radical (unpaired) electrons. The van der Waals surface area contributed by atoms with Crippen molar-refractivity contribution in [2.75, 3.05) is 0 Å². The highest BCUT2D eigenvalue weighted by Gasteiger charge is 2.45. The molecule has 2 saturated carbocycles. The van der Waals surface area contributed by atoms with Crippen molar-refractivity contribution in [2.45, 2.75) is 37.5 Å². The third kappa shape index (κ3) is 1.78. The highest BCUT2D eigenvalue weighted by Crippen LogP contribution is 2.55. The lowest BCUT2D eigenvalue weighted by Crippen LogP contribution is -2.19. The average Bonchev–Trinajstić information content (AvgIpc) is 3.18. The van der Waals surface area contributed by atoms with Crippen molar-refractivity contribution in [3.8, 4) is 0 Å². The Morgan fingerprint density at radius 1 is 0.952 bits per heavy atom. The summed E-state index contributed by atoms with van der Waals surface area (Å²) < 4.78 is 4.03. The highest BCUT2D eigenvalue weighted by molar-refractivity contribution is 9.10. The maximum Gasteiger partial charge on any atom is 0.0366 e. The molecule has 1 heterocycles. The van der Waals surface area contributed by atoms with Crippen LogP contribution in [0, 0.1) is 5.92 Å². The molecule has 0 unspecified atom stereocenters. The molecule has 1 aromatic heterocycles. The van der Waals surface area contributed by atoms with Crippen LogP contribution in [-0.4, -0.2) is 0 Å². The minimum Gasteiger partial charge on any atom is -0.135 e. The van der Waals surface area contributed by atoms with Crippen LogP contribution in [-0.2, 0) is 5.41 Å². The first kappa shape index (κ1) is 12.7. The molecule has 2 fully saturated rings. The average molecular weight is 357 g/mol. The van der Waals surface area contributed by atoms with E-state index >= 15 is 0 Å². The molecule has 0 atom stereocenters. The largest absolute Gasteiger partial charge is 0.135 e. The van der Waals surface area contributed by atoms with E-state index in [0.717, 1.165) is 5.92 Å². The molecule has 2 bridgehead atoms. The van der Waals surface area contributed by atoms with Crippen LogP contribution in [0.2, 0.25) is 0 Å². The van der Waals surface area contributed by atoms with Gasteiger partial charge < -0.3 is 0 Å². The molecule has 5 rings (SSSR count). The number of rotatable bonds is 1. The summed E-state index contributed by atoms with van der Waals surface area (Å²) in [6.07, 6.45) is 7.18. The van der Waals surface area contributed by atoms with Crippen LogP contribution in [0.4, 0.5) is 0 Å². The molecule has 3 aromatic rings. The standard InChI is InChI=1S/C19H17BrS/c20-14-2-4-16-15-3-1-13(9-17(15)21-18(16)10-14)19-7-5-12(11-19)6-8-19/h1-4,9-10,12H,5-8,11H2. The van der Waals surface area contributed by atoms with E-state index in [1.165, 1.54) is 56.7 Å². The Morgan fingerprint density at radius 2 is 1.67 bits per heavy atom. The van der Waals surface area contributed by atoms with Crippen molar-refractivity contribution in [1.29, 1.82) is 0 Å². The van der Waals surface area contributed by atoms with Crippen molar-refractivity contribution >= 4 is 47.4 Å². The Kier molecular flexibility index (Phi) is 2.61. The lowest BCUT2D eigenvalue weighted by atomic mass is 9.77. The van der Waals surface area contributed by atoms with Gasteiger partial charge >= 0.3 is 0 Å². The molecule has 0 amide bonds. The predicted molar refractivity (Wildman–Crippen MR) is 95.3 cm³/mol. The van der Waals surface area contributed by atoms with Gasteiger partial charge in [0.15, 0.2) is 0 Å². The van der Waals surface area contributed by atoms with Crippen LogP contribution in [0.15, 0.2) is 40.9 Å². The molecular formula is C19H17BrS. The topological polar surface area (TPSA) is 0 Å². The minimum atomic E-state index is 0.523. The van der Waals surface area contributed by atoms with Gasteiger partial charge in [0, 0.05) is 24.6 Å². The fourth-order valence-corrected chi connectivity index (χ4v) is 6.38. The molecule has 2 heteroatoms. The van der Waals surface area contributed by atoms with Crippen LogP contribution >= 0.6 is 27.3 Å². The van der Waals surface area contributed by atoms with Crippen molar-refractivity contribution in [3.63, 3.8) is 0 Å². The molecule has 2 aromatic carbocycles. The van der Waals surface area contributed by atoms with Gasteiger partial charge in [0.25, 0.3) is 0 Å². The SMILES string of the molecule is Brc1ccc2c(c1)sc1cc(C34CCC(CC3)C4)ccc12. The molecule has 0 N–H and O–H groups in total. The van der Waals surface area contributed by atoms with Crippen LogP contribution < -0.4 is 0 Å². The monoisotopic (exact) mass is 356 g/mol. The Balaban J connectivity index is 1.72. The number of halogens is 1. The predicted octanol–water partition coefficient (Wildman–Crippen LogP) is 6.65. The smallest absolute Gasteiger partial charge is 0.0366 e. The maximum atomic E-state index is 3.59. The number of fused-ring (bicyclic) bond motifs is 5. The molecule has 2 aliphatic rings.